The van der Waals surface area contributed by atoms with Gasteiger partial charge in [0.25, 0.3) is 0 Å². The summed E-state index contributed by atoms with van der Waals surface area (Å²) < 4.78 is 50.5. The van der Waals surface area contributed by atoms with Crippen LogP contribution in [0.4, 0.5) is 35.2 Å². The molecule has 3 N–H and O–H groups in total. The van der Waals surface area contributed by atoms with E-state index in [1.165, 1.54) is 25.4 Å². The van der Waals surface area contributed by atoms with Crippen LogP contribution >= 0.6 is 0 Å². The van der Waals surface area contributed by atoms with Crippen molar-refractivity contribution in [2.45, 2.75) is 19.5 Å². The SMILES string of the molecule is Cc1ccc(NC(=O)Nc2ccc(Oc3cc(NCCCN4CCOCC4)ncn3)cc2)cc1C(F)(F)F. The molecule has 0 bridgehead atoms. The van der Waals surface area contributed by atoms with Crippen LogP contribution in [0.15, 0.2) is 54.9 Å². The maximum absolute atomic E-state index is 13.1. The van der Waals surface area contributed by atoms with Crippen LogP contribution in [0.5, 0.6) is 11.6 Å². The van der Waals surface area contributed by atoms with Gasteiger partial charge in [-0.1, -0.05) is 6.07 Å². The highest BCUT2D eigenvalue weighted by molar-refractivity contribution is 5.99. The van der Waals surface area contributed by atoms with E-state index in [2.05, 4.69) is 30.8 Å². The number of aryl methyl sites for hydroxylation is 1. The molecule has 0 saturated carbocycles. The van der Waals surface area contributed by atoms with Crippen LogP contribution < -0.4 is 20.7 Å². The maximum Gasteiger partial charge on any atom is 0.416 e. The number of carbonyl (C=O) groups is 1. The molecule has 0 aliphatic carbocycles. The summed E-state index contributed by atoms with van der Waals surface area (Å²) in [6.07, 6.45) is -2.12. The summed E-state index contributed by atoms with van der Waals surface area (Å²) in [5.41, 5.74) is -0.250. The van der Waals surface area contributed by atoms with E-state index in [4.69, 9.17) is 9.47 Å². The highest BCUT2D eigenvalue weighted by Crippen LogP contribution is 2.33. The maximum atomic E-state index is 13.1. The van der Waals surface area contributed by atoms with Crippen LogP contribution in [-0.2, 0) is 10.9 Å². The zero-order chi connectivity index (χ0) is 27.0. The van der Waals surface area contributed by atoms with E-state index >= 15 is 0 Å². The van der Waals surface area contributed by atoms with Crippen LogP contribution in [0.2, 0.25) is 0 Å². The molecule has 2 amide bonds. The number of hydrogen-bond donors (Lipinski definition) is 3. The van der Waals surface area contributed by atoms with E-state index in [0.717, 1.165) is 51.9 Å². The summed E-state index contributed by atoms with van der Waals surface area (Å²) in [6.45, 7) is 6.59. The summed E-state index contributed by atoms with van der Waals surface area (Å²) in [4.78, 5) is 23.0. The second-order valence-corrected chi connectivity index (χ2v) is 8.71. The number of morpholine rings is 1. The largest absolute Gasteiger partial charge is 0.439 e. The molecule has 38 heavy (non-hydrogen) atoms. The summed E-state index contributed by atoms with van der Waals surface area (Å²) in [6, 6.07) is 11.2. The molecule has 2 heterocycles. The van der Waals surface area contributed by atoms with Crippen molar-refractivity contribution in [1.29, 1.82) is 0 Å². The van der Waals surface area contributed by atoms with Crippen LogP contribution in [-0.4, -0.2) is 60.3 Å². The molecule has 3 aromatic rings. The van der Waals surface area contributed by atoms with Gasteiger partial charge in [0.2, 0.25) is 5.88 Å². The van der Waals surface area contributed by atoms with Gasteiger partial charge in [-0.05, 0) is 61.9 Å². The average Bonchev–Trinajstić information content (AvgIpc) is 2.89. The van der Waals surface area contributed by atoms with E-state index in [1.54, 1.807) is 30.3 Å². The first-order valence-corrected chi connectivity index (χ1v) is 12.2. The zero-order valence-corrected chi connectivity index (χ0v) is 20.8. The lowest BCUT2D eigenvalue weighted by molar-refractivity contribution is -0.138. The van der Waals surface area contributed by atoms with Gasteiger partial charge < -0.3 is 25.4 Å². The van der Waals surface area contributed by atoms with Crippen LogP contribution in [0.1, 0.15) is 17.5 Å². The summed E-state index contributed by atoms with van der Waals surface area (Å²) in [5, 5.41) is 8.27. The highest BCUT2D eigenvalue weighted by atomic mass is 19.4. The fourth-order valence-corrected chi connectivity index (χ4v) is 3.86. The van der Waals surface area contributed by atoms with E-state index in [9.17, 15) is 18.0 Å². The quantitative estimate of drug-likeness (QED) is 0.320. The topological polar surface area (TPSA) is 101 Å². The number of alkyl halides is 3. The fraction of sp³-hybridized carbons (Fsp3) is 0.346. The molecule has 1 aromatic heterocycles. The molecule has 4 rings (SSSR count). The van der Waals surface area contributed by atoms with Crippen molar-refractivity contribution in [2.75, 3.05) is 55.3 Å². The minimum Gasteiger partial charge on any atom is -0.439 e. The van der Waals surface area contributed by atoms with Crippen LogP contribution in [0.25, 0.3) is 0 Å². The van der Waals surface area contributed by atoms with Crippen molar-refractivity contribution in [3.63, 3.8) is 0 Å². The van der Waals surface area contributed by atoms with Gasteiger partial charge in [0.05, 0.1) is 18.8 Å². The third kappa shape index (κ3) is 8.05. The molecule has 1 aliphatic heterocycles. The van der Waals surface area contributed by atoms with E-state index in [0.29, 0.717) is 23.1 Å². The number of aromatic nitrogens is 2. The van der Waals surface area contributed by atoms with Gasteiger partial charge >= 0.3 is 12.2 Å². The van der Waals surface area contributed by atoms with Crippen molar-refractivity contribution in [3.05, 3.63) is 66.0 Å². The Bertz CT molecular complexity index is 1220. The normalized spacial score (nSPS) is 14.1. The number of hydrogen-bond acceptors (Lipinski definition) is 7. The number of rotatable bonds is 9. The van der Waals surface area contributed by atoms with Crippen LogP contribution in [0, 0.1) is 6.92 Å². The summed E-state index contributed by atoms with van der Waals surface area (Å²) in [5.74, 6) is 1.49. The first-order valence-electron chi connectivity index (χ1n) is 12.2. The fourth-order valence-electron chi connectivity index (χ4n) is 3.86. The van der Waals surface area contributed by atoms with Gasteiger partial charge in [0.1, 0.15) is 17.9 Å². The number of ether oxygens (including phenoxy) is 2. The standard InChI is InChI=1S/C26H29F3N6O3/c1-18-3-4-20(15-22(18)26(27,28)29)34-25(36)33-19-5-7-21(8-6-19)38-24-16-23(31-17-32-24)30-9-2-10-35-11-13-37-14-12-35/h3-8,15-17H,2,9-14H2,1H3,(H,30,31,32)(H2,33,34,36). The number of carbonyl (C=O) groups excluding carboxylic acids is 1. The third-order valence-electron chi connectivity index (χ3n) is 5.84. The Labute approximate surface area is 218 Å². The average molecular weight is 531 g/mol. The molecule has 0 radical (unpaired) electrons. The molecule has 9 nitrogen and oxygen atoms in total. The molecular weight excluding hydrogens is 501 g/mol. The number of anilines is 3. The first-order chi connectivity index (χ1) is 18.3. The number of urea groups is 1. The molecule has 0 spiro atoms. The minimum atomic E-state index is -4.50. The van der Waals surface area contributed by atoms with E-state index in [-0.39, 0.29) is 11.3 Å². The van der Waals surface area contributed by atoms with Crippen molar-refractivity contribution in [2.24, 2.45) is 0 Å². The van der Waals surface area contributed by atoms with Crippen molar-refractivity contribution < 1.29 is 27.4 Å². The van der Waals surface area contributed by atoms with Gasteiger partial charge in [-0.15, -0.1) is 0 Å². The predicted octanol–water partition coefficient (Wildman–Crippen LogP) is 5.37. The summed E-state index contributed by atoms with van der Waals surface area (Å²) in [7, 11) is 0. The minimum absolute atomic E-state index is 0.0367. The number of amides is 2. The van der Waals surface area contributed by atoms with Crippen molar-refractivity contribution >= 4 is 23.2 Å². The van der Waals surface area contributed by atoms with E-state index < -0.39 is 17.8 Å². The number of benzene rings is 2. The van der Waals surface area contributed by atoms with Gasteiger partial charge in [0.15, 0.2) is 0 Å². The zero-order valence-electron chi connectivity index (χ0n) is 20.8. The lowest BCUT2D eigenvalue weighted by atomic mass is 10.1. The van der Waals surface area contributed by atoms with Gasteiger partial charge in [-0.25, -0.2) is 14.8 Å². The van der Waals surface area contributed by atoms with Gasteiger partial charge in [0, 0.05) is 37.1 Å². The Hall–Kier alpha value is -3.90. The molecule has 12 heteroatoms. The van der Waals surface area contributed by atoms with E-state index in [1.807, 2.05) is 0 Å². The van der Waals surface area contributed by atoms with Crippen LogP contribution in [0.3, 0.4) is 0 Å². The predicted molar refractivity (Wildman–Crippen MR) is 138 cm³/mol. The number of nitrogens with one attached hydrogen (secondary N) is 3. The Morgan fingerprint density at radius 2 is 1.74 bits per heavy atom. The lowest BCUT2D eigenvalue weighted by Gasteiger charge is -2.26. The first kappa shape index (κ1) is 27.1. The molecule has 1 aliphatic rings. The van der Waals surface area contributed by atoms with Gasteiger partial charge in [-0.3, -0.25) is 4.90 Å². The number of nitrogens with zero attached hydrogens (tertiary/aromatic N) is 3. The molecule has 0 unspecified atom stereocenters. The Kier molecular flexibility index (Phi) is 8.98. The molecule has 0 atom stereocenters. The summed E-state index contributed by atoms with van der Waals surface area (Å²) >= 11 is 0. The third-order valence-corrected chi connectivity index (χ3v) is 5.84. The number of halogens is 3. The van der Waals surface area contributed by atoms with Crippen molar-refractivity contribution in [1.82, 2.24) is 14.9 Å². The molecule has 2 aromatic carbocycles. The highest BCUT2D eigenvalue weighted by Gasteiger charge is 2.32. The lowest BCUT2D eigenvalue weighted by Crippen LogP contribution is -2.37. The van der Waals surface area contributed by atoms with Gasteiger partial charge in [-0.2, -0.15) is 13.2 Å². The second-order valence-electron chi connectivity index (χ2n) is 8.71. The second kappa shape index (κ2) is 12.6. The monoisotopic (exact) mass is 530 g/mol. The molecular formula is C26H29F3N6O3. The van der Waals surface area contributed by atoms with Crippen molar-refractivity contribution in [3.8, 4) is 11.6 Å². The molecule has 202 valence electrons. The molecule has 1 saturated heterocycles. The molecule has 1 fully saturated rings. The Morgan fingerprint density at radius 1 is 1.03 bits per heavy atom. The Morgan fingerprint density at radius 3 is 2.47 bits per heavy atom. The Balaban J connectivity index is 1.25. The smallest absolute Gasteiger partial charge is 0.416 e.